The van der Waals surface area contributed by atoms with Crippen molar-refractivity contribution in [2.45, 2.75) is 26.8 Å². The molecule has 0 spiro atoms. The number of ether oxygens (including phenoxy) is 1. The molecule has 0 aliphatic carbocycles. The molecular formula is C14H19F2N5O5. The van der Waals surface area contributed by atoms with Crippen LogP contribution in [0.3, 0.4) is 0 Å². The Morgan fingerprint density at radius 2 is 1.85 bits per heavy atom. The number of carbonyl (C=O) groups excluding carboxylic acids is 2. The number of nitro groups is 1. The van der Waals surface area contributed by atoms with Gasteiger partial charge < -0.3 is 14.5 Å². The van der Waals surface area contributed by atoms with Gasteiger partial charge in [-0.2, -0.15) is 5.10 Å². The van der Waals surface area contributed by atoms with Gasteiger partial charge >= 0.3 is 11.8 Å². The number of piperazine rings is 1. The molecule has 0 unspecified atom stereocenters. The van der Waals surface area contributed by atoms with E-state index in [2.05, 4.69) is 5.10 Å². The molecule has 12 heteroatoms. The van der Waals surface area contributed by atoms with Crippen molar-refractivity contribution in [3.63, 3.8) is 0 Å². The van der Waals surface area contributed by atoms with Crippen molar-refractivity contribution in [3.05, 3.63) is 21.5 Å². The van der Waals surface area contributed by atoms with E-state index in [1.165, 1.54) is 16.7 Å². The zero-order chi connectivity index (χ0) is 19.4. The van der Waals surface area contributed by atoms with E-state index in [0.29, 0.717) is 0 Å². The van der Waals surface area contributed by atoms with Gasteiger partial charge in [0.05, 0.1) is 11.5 Å². The fourth-order valence-electron chi connectivity index (χ4n) is 2.67. The van der Waals surface area contributed by atoms with Gasteiger partial charge in [0, 0.05) is 26.2 Å². The van der Waals surface area contributed by atoms with Crippen LogP contribution in [0.5, 0.6) is 0 Å². The van der Waals surface area contributed by atoms with Crippen LogP contribution in [0.25, 0.3) is 0 Å². The molecule has 0 saturated carbocycles. The van der Waals surface area contributed by atoms with E-state index in [1.54, 1.807) is 6.92 Å². The van der Waals surface area contributed by atoms with Gasteiger partial charge in [0.25, 0.3) is 6.43 Å². The highest BCUT2D eigenvalue weighted by atomic mass is 19.3. The van der Waals surface area contributed by atoms with Crippen LogP contribution in [0.2, 0.25) is 0 Å². The van der Waals surface area contributed by atoms with Crippen molar-refractivity contribution >= 4 is 17.7 Å². The van der Waals surface area contributed by atoms with Crippen LogP contribution in [0, 0.1) is 17.0 Å². The van der Waals surface area contributed by atoms with Gasteiger partial charge in [-0.05, 0) is 13.8 Å². The lowest BCUT2D eigenvalue weighted by molar-refractivity contribution is -0.386. The van der Waals surface area contributed by atoms with E-state index in [1.807, 2.05) is 0 Å². The minimum Gasteiger partial charge on any atom is -0.450 e. The first-order valence-electron chi connectivity index (χ1n) is 7.95. The van der Waals surface area contributed by atoms with Crippen LogP contribution in [-0.2, 0) is 16.1 Å². The first-order valence-corrected chi connectivity index (χ1v) is 7.95. The summed E-state index contributed by atoms with van der Waals surface area (Å²) in [5, 5.41) is 14.5. The quantitative estimate of drug-likeness (QED) is 0.567. The molecule has 1 saturated heterocycles. The summed E-state index contributed by atoms with van der Waals surface area (Å²) >= 11 is 0. The molecule has 1 fully saturated rings. The Morgan fingerprint density at radius 3 is 2.31 bits per heavy atom. The summed E-state index contributed by atoms with van der Waals surface area (Å²) in [6, 6.07) is 0. The van der Waals surface area contributed by atoms with Crippen LogP contribution < -0.4 is 0 Å². The van der Waals surface area contributed by atoms with Gasteiger partial charge in [-0.1, -0.05) is 0 Å². The molecule has 26 heavy (non-hydrogen) atoms. The second-order valence-electron chi connectivity index (χ2n) is 5.60. The maximum atomic E-state index is 12.9. The standard InChI is InChI=1S/C14H19F2N5O5/c1-3-26-14(23)19-6-4-18(5-7-19)10(22)8-20-9(2)12(21(24)25)11(17-20)13(15)16/h13H,3-8H2,1-2H3. The molecule has 0 radical (unpaired) electrons. The third-order valence-electron chi connectivity index (χ3n) is 4.03. The Balaban J connectivity index is 2.04. The van der Waals surface area contributed by atoms with E-state index in [4.69, 9.17) is 4.74 Å². The van der Waals surface area contributed by atoms with E-state index < -0.39 is 41.3 Å². The largest absolute Gasteiger partial charge is 0.450 e. The zero-order valence-electron chi connectivity index (χ0n) is 14.4. The van der Waals surface area contributed by atoms with Crippen LogP contribution in [0.4, 0.5) is 19.3 Å². The highest BCUT2D eigenvalue weighted by Gasteiger charge is 2.32. The number of alkyl halides is 2. The lowest BCUT2D eigenvalue weighted by atomic mass is 10.3. The molecule has 2 heterocycles. The topological polar surface area (TPSA) is 111 Å². The Morgan fingerprint density at radius 1 is 1.27 bits per heavy atom. The summed E-state index contributed by atoms with van der Waals surface area (Å²) < 4.78 is 31.7. The lowest BCUT2D eigenvalue weighted by Gasteiger charge is -2.34. The molecule has 1 aromatic rings. The number of amides is 2. The Bertz CT molecular complexity index is 700. The minimum absolute atomic E-state index is 0.108. The highest BCUT2D eigenvalue weighted by molar-refractivity contribution is 5.76. The number of hydrogen-bond donors (Lipinski definition) is 0. The average molecular weight is 375 g/mol. The monoisotopic (exact) mass is 375 g/mol. The lowest BCUT2D eigenvalue weighted by Crippen LogP contribution is -2.51. The van der Waals surface area contributed by atoms with Gasteiger partial charge in [-0.25, -0.2) is 13.6 Å². The number of rotatable bonds is 5. The number of carbonyl (C=O) groups is 2. The molecule has 2 amide bonds. The molecular weight excluding hydrogens is 356 g/mol. The van der Waals surface area contributed by atoms with Gasteiger partial charge in [-0.15, -0.1) is 0 Å². The minimum atomic E-state index is -3.11. The Labute approximate surface area is 147 Å². The van der Waals surface area contributed by atoms with Gasteiger partial charge in [-0.3, -0.25) is 19.6 Å². The Hall–Kier alpha value is -2.79. The van der Waals surface area contributed by atoms with Crippen molar-refractivity contribution in [1.82, 2.24) is 19.6 Å². The highest BCUT2D eigenvalue weighted by Crippen LogP contribution is 2.30. The molecule has 10 nitrogen and oxygen atoms in total. The van der Waals surface area contributed by atoms with E-state index in [-0.39, 0.29) is 38.5 Å². The Kier molecular flexibility index (Phi) is 6.05. The predicted octanol–water partition coefficient (Wildman–Crippen LogP) is 1.34. The molecule has 0 N–H and O–H groups in total. The number of nitrogens with zero attached hydrogens (tertiary/aromatic N) is 5. The SMILES string of the molecule is CCOC(=O)N1CCN(C(=O)Cn2nc(C(F)F)c([N+](=O)[O-])c2C)CC1. The third-order valence-corrected chi connectivity index (χ3v) is 4.03. The van der Waals surface area contributed by atoms with Crippen molar-refractivity contribution in [1.29, 1.82) is 0 Å². The molecule has 1 aliphatic heterocycles. The molecule has 0 aromatic carbocycles. The van der Waals surface area contributed by atoms with Crippen molar-refractivity contribution in [2.75, 3.05) is 32.8 Å². The molecule has 2 rings (SSSR count). The smallest absolute Gasteiger partial charge is 0.409 e. The van der Waals surface area contributed by atoms with Crippen molar-refractivity contribution in [2.24, 2.45) is 0 Å². The third kappa shape index (κ3) is 4.06. The van der Waals surface area contributed by atoms with E-state index in [0.717, 1.165) is 4.68 Å². The number of hydrogen-bond acceptors (Lipinski definition) is 6. The molecule has 0 atom stereocenters. The first-order chi connectivity index (χ1) is 12.3. The van der Waals surface area contributed by atoms with Crippen LogP contribution in [0.15, 0.2) is 0 Å². The van der Waals surface area contributed by atoms with E-state index in [9.17, 15) is 28.5 Å². The number of halogens is 2. The predicted molar refractivity (Wildman–Crippen MR) is 83.8 cm³/mol. The molecule has 144 valence electrons. The van der Waals surface area contributed by atoms with Crippen molar-refractivity contribution < 1.29 is 28.0 Å². The van der Waals surface area contributed by atoms with Crippen LogP contribution in [-0.4, -0.2) is 69.3 Å². The van der Waals surface area contributed by atoms with Gasteiger partial charge in [0.15, 0.2) is 0 Å². The van der Waals surface area contributed by atoms with E-state index >= 15 is 0 Å². The summed E-state index contributed by atoms with van der Waals surface area (Å²) in [4.78, 5) is 36.9. The fourth-order valence-corrected chi connectivity index (χ4v) is 2.67. The van der Waals surface area contributed by atoms with Crippen LogP contribution in [0.1, 0.15) is 24.7 Å². The number of aromatic nitrogens is 2. The summed E-state index contributed by atoms with van der Waals surface area (Å²) in [6.07, 6.45) is -3.57. The van der Waals surface area contributed by atoms with Crippen molar-refractivity contribution in [3.8, 4) is 0 Å². The first kappa shape index (κ1) is 19.5. The fraction of sp³-hybridized carbons (Fsp3) is 0.643. The normalized spacial score (nSPS) is 14.7. The van der Waals surface area contributed by atoms with Gasteiger partial charge in [0.2, 0.25) is 11.6 Å². The molecule has 1 aliphatic rings. The summed E-state index contributed by atoms with van der Waals surface area (Å²) in [7, 11) is 0. The summed E-state index contributed by atoms with van der Waals surface area (Å²) in [5.74, 6) is -0.421. The van der Waals surface area contributed by atoms with Crippen LogP contribution >= 0.6 is 0 Å². The van der Waals surface area contributed by atoms with Gasteiger partial charge in [0.1, 0.15) is 12.2 Å². The second kappa shape index (κ2) is 8.06. The summed E-state index contributed by atoms with van der Waals surface area (Å²) in [5.41, 5.74) is -1.84. The molecule has 1 aromatic heterocycles. The maximum absolute atomic E-state index is 12.9. The maximum Gasteiger partial charge on any atom is 0.409 e. The second-order valence-corrected chi connectivity index (χ2v) is 5.60. The zero-order valence-corrected chi connectivity index (χ0v) is 14.4. The average Bonchev–Trinajstić information content (AvgIpc) is 2.92. The summed E-state index contributed by atoms with van der Waals surface area (Å²) in [6.45, 7) is 3.89. The molecule has 0 bridgehead atoms.